The molecule has 30 heavy (non-hydrogen) atoms. The van der Waals surface area contributed by atoms with Crippen LogP contribution in [0.2, 0.25) is 0 Å². The third kappa shape index (κ3) is 3.67. The summed E-state index contributed by atoms with van der Waals surface area (Å²) in [4.78, 5) is 34.8. The average Bonchev–Trinajstić information content (AvgIpc) is 3.09. The highest BCUT2D eigenvalue weighted by Gasteiger charge is 2.23. The Labute approximate surface area is 176 Å². The van der Waals surface area contributed by atoms with Crippen molar-refractivity contribution in [1.82, 2.24) is 23.6 Å². The van der Waals surface area contributed by atoms with Gasteiger partial charge in [0.15, 0.2) is 11.2 Å². The smallest absolute Gasteiger partial charge is 0.332 e. The normalized spacial score (nSPS) is 15.4. The van der Waals surface area contributed by atoms with Crippen LogP contribution >= 0.6 is 0 Å². The number of hydrogen-bond donors (Lipinski definition) is 0. The lowest BCUT2D eigenvalue weighted by atomic mass is 10.2. The molecule has 3 heterocycles. The molecule has 0 unspecified atom stereocenters. The molecule has 2 aromatic heterocycles. The van der Waals surface area contributed by atoms with Gasteiger partial charge < -0.3 is 9.47 Å². The van der Waals surface area contributed by atoms with E-state index in [1.807, 2.05) is 10.6 Å². The highest BCUT2D eigenvalue weighted by molar-refractivity contribution is 5.71. The van der Waals surface area contributed by atoms with Gasteiger partial charge in [-0.25, -0.2) is 9.78 Å². The van der Waals surface area contributed by atoms with Crippen molar-refractivity contribution in [3.05, 3.63) is 57.0 Å². The summed E-state index contributed by atoms with van der Waals surface area (Å²) in [6, 6.07) is 10.5. The number of rotatable bonds is 5. The van der Waals surface area contributed by atoms with Crippen LogP contribution in [0.3, 0.4) is 0 Å². The predicted octanol–water partition coefficient (Wildman–Crippen LogP) is 1.41. The summed E-state index contributed by atoms with van der Waals surface area (Å²) in [7, 11) is 3.21. The molecule has 0 bridgehead atoms. The van der Waals surface area contributed by atoms with Crippen molar-refractivity contribution in [3.8, 4) is 0 Å². The molecule has 0 amide bonds. The quantitative estimate of drug-likeness (QED) is 0.636. The van der Waals surface area contributed by atoms with Crippen LogP contribution in [0.1, 0.15) is 19.7 Å². The molecule has 0 N–H and O–H groups in total. The molecule has 1 aliphatic rings. The molecule has 1 aromatic carbocycles. The zero-order valence-corrected chi connectivity index (χ0v) is 18.2. The van der Waals surface area contributed by atoms with E-state index in [0.717, 1.165) is 32.0 Å². The summed E-state index contributed by atoms with van der Waals surface area (Å²) in [5.41, 5.74) is 1.63. The van der Waals surface area contributed by atoms with Crippen LogP contribution in [0.15, 0.2) is 39.9 Å². The van der Waals surface area contributed by atoms with Crippen molar-refractivity contribution in [1.29, 1.82) is 0 Å². The highest BCUT2D eigenvalue weighted by atomic mass is 16.2. The minimum absolute atomic E-state index is 0.276. The lowest BCUT2D eigenvalue weighted by Gasteiger charge is -2.36. The highest BCUT2D eigenvalue weighted by Crippen LogP contribution is 2.19. The number of nitrogens with zero attached hydrogens (tertiary/aromatic N) is 6. The molecular weight excluding hydrogens is 380 g/mol. The van der Waals surface area contributed by atoms with Gasteiger partial charge in [-0.1, -0.05) is 32.0 Å². The monoisotopic (exact) mass is 410 g/mol. The Morgan fingerprint density at radius 1 is 0.967 bits per heavy atom. The fourth-order valence-corrected chi connectivity index (χ4v) is 4.18. The molecule has 3 aromatic rings. The standard InChI is InChI=1S/C22H30N6O2/c1-16(2)14-28-18(23-20-19(28)21(29)25(4)22(30)24(20)3)15-26-10-12-27(13-11-26)17-8-6-5-7-9-17/h5-9,16H,10-15H2,1-4H3. The second kappa shape index (κ2) is 8.10. The van der Waals surface area contributed by atoms with Gasteiger partial charge in [-0.3, -0.25) is 18.8 Å². The van der Waals surface area contributed by atoms with Gasteiger partial charge in [-0.2, -0.15) is 0 Å². The van der Waals surface area contributed by atoms with Crippen molar-refractivity contribution < 1.29 is 0 Å². The second-order valence-electron chi connectivity index (χ2n) is 8.51. The lowest BCUT2D eigenvalue weighted by molar-refractivity contribution is 0.240. The molecule has 0 saturated carbocycles. The van der Waals surface area contributed by atoms with E-state index >= 15 is 0 Å². The first kappa shape index (κ1) is 20.4. The van der Waals surface area contributed by atoms with Gasteiger partial charge in [0, 0.05) is 52.5 Å². The molecule has 0 aliphatic carbocycles. The van der Waals surface area contributed by atoms with Crippen molar-refractivity contribution in [2.75, 3.05) is 31.1 Å². The van der Waals surface area contributed by atoms with E-state index in [1.54, 1.807) is 7.05 Å². The molecule has 8 heteroatoms. The number of imidazole rings is 1. The van der Waals surface area contributed by atoms with Gasteiger partial charge in [0.25, 0.3) is 5.56 Å². The maximum Gasteiger partial charge on any atom is 0.332 e. The average molecular weight is 411 g/mol. The fourth-order valence-electron chi connectivity index (χ4n) is 4.18. The third-order valence-corrected chi connectivity index (χ3v) is 5.83. The number of aryl methyl sites for hydroxylation is 1. The number of benzene rings is 1. The summed E-state index contributed by atoms with van der Waals surface area (Å²) in [5.74, 6) is 1.21. The first-order chi connectivity index (χ1) is 14.4. The first-order valence-electron chi connectivity index (χ1n) is 10.5. The number of fused-ring (bicyclic) bond motifs is 1. The fraction of sp³-hybridized carbons (Fsp3) is 0.500. The Bertz CT molecular complexity index is 1150. The van der Waals surface area contributed by atoms with E-state index in [2.05, 4.69) is 47.9 Å². The first-order valence-corrected chi connectivity index (χ1v) is 10.5. The van der Waals surface area contributed by atoms with Crippen molar-refractivity contribution in [2.24, 2.45) is 20.0 Å². The Morgan fingerprint density at radius 2 is 1.63 bits per heavy atom. The van der Waals surface area contributed by atoms with E-state index in [9.17, 15) is 9.59 Å². The Hall–Kier alpha value is -2.87. The number of anilines is 1. The van der Waals surface area contributed by atoms with Crippen molar-refractivity contribution >= 4 is 16.9 Å². The van der Waals surface area contributed by atoms with Crippen LogP contribution in [-0.4, -0.2) is 49.8 Å². The number of hydrogen-bond acceptors (Lipinski definition) is 5. The molecule has 1 saturated heterocycles. The molecule has 8 nitrogen and oxygen atoms in total. The SMILES string of the molecule is CC(C)Cn1c(CN2CCN(c3ccccc3)CC2)nc2c1c(=O)n(C)c(=O)n2C. The Balaban J connectivity index is 1.63. The van der Waals surface area contributed by atoms with E-state index in [4.69, 9.17) is 4.98 Å². The summed E-state index contributed by atoms with van der Waals surface area (Å²) in [6.45, 7) is 9.38. The van der Waals surface area contributed by atoms with E-state index < -0.39 is 0 Å². The summed E-state index contributed by atoms with van der Waals surface area (Å²) >= 11 is 0. The van der Waals surface area contributed by atoms with Crippen LogP contribution < -0.4 is 16.1 Å². The summed E-state index contributed by atoms with van der Waals surface area (Å²) in [5, 5.41) is 0. The third-order valence-electron chi connectivity index (χ3n) is 5.83. The Morgan fingerprint density at radius 3 is 2.27 bits per heavy atom. The maximum atomic E-state index is 12.9. The maximum absolute atomic E-state index is 12.9. The van der Waals surface area contributed by atoms with Gasteiger partial charge in [-0.05, 0) is 18.1 Å². The predicted molar refractivity (Wildman–Crippen MR) is 119 cm³/mol. The van der Waals surface area contributed by atoms with Crippen LogP contribution in [0, 0.1) is 5.92 Å². The van der Waals surface area contributed by atoms with Crippen molar-refractivity contribution in [2.45, 2.75) is 26.9 Å². The van der Waals surface area contributed by atoms with Crippen LogP contribution in [0.4, 0.5) is 5.69 Å². The van der Waals surface area contributed by atoms with Gasteiger partial charge in [0.05, 0.1) is 6.54 Å². The largest absolute Gasteiger partial charge is 0.369 e. The number of para-hydroxylation sites is 1. The van der Waals surface area contributed by atoms with Crippen LogP contribution in [0.5, 0.6) is 0 Å². The topological polar surface area (TPSA) is 68.3 Å². The molecule has 1 aliphatic heterocycles. The van der Waals surface area contributed by atoms with Gasteiger partial charge in [-0.15, -0.1) is 0 Å². The zero-order valence-electron chi connectivity index (χ0n) is 18.2. The minimum atomic E-state index is -0.343. The molecule has 0 atom stereocenters. The molecule has 4 rings (SSSR count). The Kier molecular flexibility index (Phi) is 5.51. The lowest BCUT2D eigenvalue weighted by Crippen LogP contribution is -2.46. The molecule has 0 radical (unpaired) electrons. The van der Waals surface area contributed by atoms with E-state index in [0.29, 0.717) is 30.2 Å². The van der Waals surface area contributed by atoms with Crippen LogP contribution in [0.25, 0.3) is 11.2 Å². The van der Waals surface area contributed by atoms with Crippen LogP contribution in [-0.2, 0) is 27.2 Å². The minimum Gasteiger partial charge on any atom is -0.369 e. The van der Waals surface area contributed by atoms with E-state index in [-0.39, 0.29) is 11.2 Å². The van der Waals surface area contributed by atoms with Gasteiger partial charge in [0.2, 0.25) is 0 Å². The molecular formula is C22H30N6O2. The van der Waals surface area contributed by atoms with E-state index in [1.165, 1.54) is 21.9 Å². The molecule has 0 spiro atoms. The summed E-state index contributed by atoms with van der Waals surface area (Å²) < 4.78 is 4.67. The van der Waals surface area contributed by atoms with Crippen molar-refractivity contribution in [3.63, 3.8) is 0 Å². The summed E-state index contributed by atoms with van der Waals surface area (Å²) in [6.07, 6.45) is 0. The number of aromatic nitrogens is 4. The molecule has 1 fully saturated rings. The van der Waals surface area contributed by atoms with Gasteiger partial charge >= 0.3 is 5.69 Å². The zero-order chi connectivity index (χ0) is 21.4. The number of piperazine rings is 1. The van der Waals surface area contributed by atoms with Gasteiger partial charge in [0.1, 0.15) is 5.82 Å². The second-order valence-corrected chi connectivity index (χ2v) is 8.51. The molecule has 160 valence electrons.